The van der Waals surface area contributed by atoms with Crippen LogP contribution in [0.5, 0.6) is 0 Å². The summed E-state index contributed by atoms with van der Waals surface area (Å²) in [6, 6.07) is 10.7. The molecule has 0 spiro atoms. The Morgan fingerprint density at radius 1 is 1.23 bits per heavy atom. The van der Waals surface area contributed by atoms with E-state index < -0.39 is 7.43 Å². The fraction of sp³-hybridized carbons (Fsp3) is 0.400. The Balaban J connectivity index is 2.73. The van der Waals surface area contributed by atoms with Crippen molar-refractivity contribution in [3.63, 3.8) is 0 Å². The monoisotopic (exact) mass is 215 g/mol. The Labute approximate surface area is 86.3 Å². The Morgan fingerprint density at radius 3 is 2.23 bits per heavy atom. The highest BCUT2D eigenvalue weighted by Crippen LogP contribution is 2.44. The topological polar surface area (TPSA) is 3.24 Å². The van der Waals surface area contributed by atoms with E-state index in [0.29, 0.717) is 6.04 Å². The molecule has 3 heteroatoms. The molecular weight excluding hydrogens is 201 g/mol. The highest BCUT2D eigenvalue weighted by molar-refractivity contribution is 7.88. The predicted molar refractivity (Wildman–Crippen MR) is 61.7 cm³/mol. The summed E-state index contributed by atoms with van der Waals surface area (Å²) >= 11 is 6.34. The summed E-state index contributed by atoms with van der Waals surface area (Å²) in [5, 5.41) is 1.22. The van der Waals surface area contributed by atoms with Crippen molar-refractivity contribution in [2.45, 2.75) is 19.9 Å². The van der Waals surface area contributed by atoms with E-state index in [9.17, 15) is 0 Å². The fourth-order valence-corrected chi connectivity index (χ4v) is 2.99. The number of halogens is 1. The molecule has 0 aliphatic heterocycles. The summed E-state index contributed by atoms with van der Waals surface area (Å²) in [6.45, 7) is 4.31. The molecule has 1 rings (SSSR count). The van der Waals surface area contributed by atoms with Gasteiger partial charge in [0.2, 0.25) is 0 Å². The highest BCUT2D eigenvalue weighted by atomic mass is 35.7. The lowest BCUT2D eigenvalue weighted by molar-refractivity contribution is 0.461. The van der Waals surface area contributed by atoms with Crippen molar-refractivity contribution in [3.05, 3.63) is 30.3 Å². The first kappa shape index (κ1) is 11.0. The van der Waals surface area contributed by atoms with Gasteiger partial charge in [-0.1, -0.05) is 41.6 Å². The van der Waals surface area contributed by atoms with Crippen LogP contribution in [0, 0.1) is 0 Å². The summed E-state index contributed by atoms with van der Waals surface area (Å²) in [5.41, 5.74) is 0. The lowest BCUT2D eigenvalue weighted by Gasteiger charge is -2.26. The van der Waals surface area contributed by atoms with Gasteiger partial charge in [0.05, 0.1) is 7.43 Å². The van der Waals surface area contributed by atoms with E-state index in [-0.39, 0.29) is 0 Å². The summed E-state index contributed by atoms with van der Waals surface area (Å²) in [5.74, 6) is 0. The van der Waals surface area contributed by atoms with Gasteiger partial charge >= 0.3 is 0 Å². The number of nitrogens with zero attached hydrogens (tertiary/aromatic N) is 1. The summed E-state index contributed by atoms with van der Waals surface area (Å²) in [6.07, 6.45) is 0. The van der Waals surface area contributed by atoms with Crippen molar-refractivity contribution < 1.29 is 0 Å². The minimum absolute atomic E-state index is 0.490. The van der Waals surface area contributed by atoms with Crippen LogP contribution >= 0.6 is 18.7 Å². The zero-order valence-electron chi connectivity index (χ0n) is 8.24. The lowest BCUT2D eigenvalue weighted by Crippen LogP contribution is -2.23. The van der Waals surface area contributed by atoms with Crippen molar-refractivity contribution >= 4 is 24.0 Å². The maximum Gasteiger partial charge on any atom is 0.0945 e. The molecule has 1 nitrogen and oxygen atoms in total. The minimum Gasteiger partial charge on any atom is -0.267 e. The normalized spacial score (nSPS) is 13.7. The second-order valence-corrected chi connectivity index (χ2v) is 5.89. The highest BCUT2D eigenvalue weighted by Gasteiger charge is 2.15. The van der Waals surface area contributed by atoms with Crippen LogP contribution in [-0.4, -0.2) is 17.8 Å². The first-order valence-electron chi connectivity index (χ1n) is 4.36. The van der Waals surface area contributed by atoms with Crippen molar-refractivity contribution in [2.75, 3.05) is 7.05 Å². The van der Waals surface area contributed by atoms with Crippen LogP contribution in [0.25, 0.3) is 0 Å². The Kier molecular flexibility index (Phi) is 4.18. The smallest absolute Gasteiger partial charge is 0.0945 e. The van der Waals surface area contributed by atoms with Crippen LogP contribution in [0.2, 0.25) is 0 Å². The molecule has 72 valence electrons. The Morgan fingerprint density at radius 2 is 1.77 bits per heavy atom. The van der Waals surface area contributed by atoms with Gasteiger partial charge < -0.3 is 0 Å². The van der Waals surface area contributed by atoms with Gasteiger partial charge in [0.15, 0.2) is 0 Å². The number of benzene rings is 1. The van der Waals surface area contributed by atoms with E-state index in [0.717, 1.165) is 0 Å². The van der Waals surface area contributed by atoms with Crippen LogP contribution in [-0.2, 0) is 0 Å². The third-order valence-corrected chi connectivity index (χ3v) is 5.03. The second-order valence-electron chi connectivity index (χ2n) is 3.26. The van der Waals surface area contributed by atoms with Gasteiger partial charge in [-0.25, -0.2) is 0 Å². The fourth-order valence-electron chi connectivity index (χ4n) is 0.936. The third kappa shape index (κ3) is 2.95. The van der Waals surface area contributed by atoms with E-state index in [1.165, 1.54) is 5.30 Å². The van der Waals surface area contributed by atoms with Crippen LogP contribution in [0.15, 0.2) is 30.3 Å². The number of hydrogen-bond acceptors (Lipinski definition) is 1. The zero-order valence-corrected chi connectivity index (χ0v) is 9.89. The maximum absolute atomic E-state index is 6.34. The molecular formula is C10H15ClNP. The molecule has 0 radical (unpaired) electrons. The molecule has 0 aliphatic carbocycles. The van der Waals surface area contributed by atoms with Gasteiger partial charge in [-0.3, -0.25) is 4.67 Å². The van der Waals surface area contributed by atoms with Gasteiger partial charge in [0.25, 0.3) is 0 Å². The first-order chi connectivity index (χ1) is 6.13. The average Bonchev–Trinajstić information content (AvgIpc) is 2.17. The maximum atomic E-state index is 6.34. The number of hydrogen-bond donors (Lipinski definition) is 0. The van der Waals surface area contributed by atoms with Gasteiger partial charge in [0.1, 0.15) is 0 Å². The zero-order chi connectivity index (χ0) is 9.84. The molecule has 0 amide bonds. The van der Waals surface area contributed by atoms with Gasteiger partial charge in [-0.15, -0.1) is 0 Å². The van der Waals surface area contributed by atoms with Gasteiger partial charge in [-0.2, -0.15) is 0 Å². The van der Waals surface area contributed by atoms with Gasteiger partial charge in [0, 0.05) is 11.3 Å². The van der Waals surface area contributed by atoms with Crippen LogP contribution in [0.4, 0.5) is 0 Å². The molecule has 0 saturated carbocycles. The van der Waals surface area contributed by atoms with E-state index in [2.05, 4.69) is 37.7 Å². The first-order valence-corrected chi connectivity index (χ1v) is 6.56. The standard InChI is InChI=1S/C10H15ClNP/c1-9(2)12(3)13(11)10-7-5-4-6-8-10/h4-9H,1-3H3. The van der Waals surface area contributed by atoms with E-state index in [4.69, 9.17) is 11.2 Å². The molecule has 1 aromatic carbocycles. The summed E-state index contributed by atoms with van der Waals surface area (Å²) in [4.78, 5) is 0. The van der Waals surface area contributed by atoms with E-state index >= 15 is 0 Å². The molecule has 1 atom stereocenters. The molecule has 1 unspecified atom stereocenters. The third-order valence-electron chi connectivity index (χ3n) is 1.99. The molecule has 0 N–H and O–H groups in total. The van der Waals surface area contributed by atoms with Crippen LogP contribution < -0.4 is 5.30 Å². The molecule has 0 fully saturated rings. The molecule has 13 heavy (non-hydrogen) atoms. The van der Waals surface area contributed by atoms with Crippen molar-refractivity contribution in [3.8, 4) is 0 Å². The molecule has 0 saturated heterocycles. The van der Waals surface area contributed by atoms with Crippen molar-refractivity contribution in [1.29, 1.82) is 0 Å². The van der Waals surface area contributed by atoms with E-state index in [1.807, 2.05) is 18.2 Å². The Bertz CT molecular complexity index is 250. The molecule has 0 aromatic heterocycles. The van der Waals surface area contributed by atoms with Gasteiger partial charge in [-0.05, 0) is 20.9 Å². The average molecular weight is 216 g/mol. The summed E-state index contributed by atoms with van der Waals surface area (Å²) in [7, 11) is 1.40. The largest absolute Gasteiger partial charge is 0.267 e. The summed E-state index contributed by atoms with van der Waals surface area (Å²) < 4.78 is 2.20. The molecule has 0 aliphatic rings. The van der Waals surface area contributed by atoms with Crippen LogP contribution in [0.3, 0.4) is 0 Å². The molecule has 0 bridgehead atoms. The molecule has 1 aromatic rings. The Hall–Kier alpha value is -0.100. The van der Waals surface area contributed by atoms with Crippen molar-refractivity contribution in [2.24, 2.45) is 0 Å². The lowest BCUT2D eigenvalue weighted by atomic mass is 10.4. The number of rotatable bonds is 3. The predicted octanol–water partition coefficient (Wildman–Crippen LogP) is 3.20. The van der Waals surface area contributed by atoms with Crippen molar-refractivity contribution in [1.82, 2.24) is 4.67 Å². The van der Waals surface area contributed by atoms with Crippen LogP contribution in [0.1, 0.15) is 13.8 Å². The second kappa shape index (κ2) is 4.95. The SMILES string of the molecule is CC(C)N(C)P(Cl)c1ccccc1. The quantitative estimate of drug-likeness (QED) is 0.700. The minimum atomic E-state index is -0.671. The van der Waals surface area contributed by atoms with E-state index in [1.54, 1.807) is 0 Å². The molecule has 0 heterocycles.